The third-order valence-corrected chi connectivity index (χ3v) is 4.50. The maximum Gasteiger partial charge on any atom is 0.191 e. The fourth-order valence-corrected chi connectivity index (χ4v) is 2.68. The van der Waals surface area contributed by atoms with Crippen molar-refractivity contribution in [2.75, 3.05) is 26.7 Å². The van der Waals surface area contributed by atoms with Crippen molar-refractivity contribution in [2.24, 2.45) is 4.99 Å². The van der Waals surface area contributed by atoms with Gasteiger partial charge in [-0.1, -0.05) is 26.0 Å². The molecule has 1 aromatic carbocycles. The van der Waals surface area contributed by atoms with Gasteiger partial charge in [0.25, 0.3) is 0 Å². The second kappa shape index (κ2) is 8.95. The summed E-state index contributed by atoms with van der Waals surface area (Å²) >= 11 is 0. The van der Waals surface area contributed by atoms with Crippen molar-refractivity contribution in [3.05, 3.63) is 54.0 Å². The van der Waals surface area contributed by atoms with Gasteiger partial charge in [-0.25, -0.2) is 0 Å². The Kier molecular flexibility index (Phi) is 6.91. The van der Waals surface area contributed by atoms with E-state index < -0.39 is 5.60 Å². The fourth-order valence-electron chi connectivity index (χ4n) is 2.68. The number of benzene rings is 1. The van der Waals surface area contributed by atoms with Crippen molar-refractivity contribution in [1.29, 1.82) is 0 Å². The summed E-state index contributed by atoms with van der Waals surface area (Å²) in [5.74, 6) is 2.02. The predicted molar refractivity (Wildman–Crippen MR) is 108 cm³/mol. The number of furan rings is 1. The molecule has 0 aliphatic carbocycles. The molecule has 2 aromatic rings. The number of aliphatic imine (C=N–C) groups is 1. The molecule has 0 saturated carbocycles. The van der Waals surface area contributed by atoms with Crippen LogP contribution in [0.15, 0.2) is 52.1 Å². The summed E-state index contributed by atoms with van der Waals surface area (Å²) in [4.78, 5) is 4.71. The molecule has 6 heteroatoms. The Bertz CT molecular complexity index is 720. The highest BCUT2D eigenvalue weighted by molar-refractivity contribution is 5.79. The van der Waals surface area contributed by atoms with E-state index in [1.54, 1.807) is 32.4 Å². The van der Waals surface area contributed by atoms with E-state index in [1.807, 2.05) is 19.1 Å². The van der Waals surface area contributed by atoms with Gasteiger partial charge < -0.3 is 24.9 Å². The first-order valence-corrected chi connectivity index (χ1v) is 9.21. The molecular weight excluding hydrogens is 342 g/mol. The average Bonchev–Trinajstić information content (AvgIpc) is 3.20. The van der Waals surface area contributed by atoms with E-state index >= 15 is 0 Å². The number of ether oxygens (including phenoxy) is 1. The Balaban J connectivity index is 2.04. The topological polar surface area (TPSA) is 79.0 Å². The molecule has 0 fully saturated rings. The van der Waals surface area contributed by atoms with Gasteiger partial charge in [-0.15, -0.1) is 0 Å². The minimum absolute atomic E-state index is 0.141. The number of aliphatic hydroxyl groups is 1. The summed E-state index contributed by atoms with van der Waals surface area (Å²) in [5.41, 5.74) is -0.0749. The van der Waals surface area contributed by atoms with Crippen molar-refractivity contribution in [3.63, 3.8) is 0 Å². The molecule has 0 aliphatic rings. The first kappa shape index (κ1) is 20.8. The summed E-state index contributed by atoms with van der Waals surface area (Å²) in [7, 11) is 1.66. The molecule has 1 atom stereocenters. The van der Waals surface area contributed by atoms with Gasteiger partial charge in [-0.3, -0.25) is 4.99 Å². The van der Waals surface area contributed by atoms with Gasteiger partial charge in [0, 0.05) is 12.0 Å². The lowest BCUT2D eigenvalue weighted by molar-refractivity contribution is 0.0386. The van der Waals surface area contributed by atoms with Crippen LogP contribution in [0, 0.1) is 0 Å². The van der Waals surface area contributed by atoms with Crippen LogP contribution in [0.2, 0.25) is 0 Å². The molecule has 1 heterocycles. The molecule has 6 nitrogen and oxygen atoms in total. The maximum atomic E-state index is 10.6. The zero-order chi connectivity index (χ0) is 19.9. The maximum absolute atomic E-state index is 10.6. The van der Waals surface area contributed by atoms with Crippen LogP contribution in [-0.4, -0.2) is 37.8 Å². The molecular formula is C21H31N3O3. The first-order valence-electron chi connectivity index (χ1n) is 9.21. The highest BCUT2D eigenvalue weighted by Gasteiger charge is 2.26. The van der Waals surface area contributed by atoms with Gasteiger partial charge in [0.05, 0.1) is 26.5 Å². The molecule has 0 amide bonds. The lowest BCUT2D eigenvalue weighted by Crippen LogP contribution is -2.45. The molecule has 0 aliphatic heterocycles. The minimum atomic E-state index is -1.12. The van der Waals surface area contributed by atoms with Gasteiger partial charge in [0.1, 0.15) is 17.1 Å². The third kappa shape index (κ3) is 5.76. The van der Waals surface area contributed by atoms with E-state index in [2.05, 4.69) is 36.6 Å². The first-order chi connectivity index (χ1) is 12.8. The number of hydrogen-bond acceptors (Lipinski definition) is 4. The largest absolute Gasteiger partial charge is 0.497 e. The number of methoxy groups -OCH3 is 1. The number of guanidine groups is 1. The lowest BCUT2D eigenvalue weighted by Gasteiger charge is -2.25. The molecule has 0 spiro atoms. The Labute approximate surface area is 161 Å². The highest BCUT2D eigenvalue weighted by atomic mass is 16.5. The Morgan fingerprint density at radius 1 is 1.15 bits per heavy atom. The number of nitrogens with one attached hydrogen (secondary N) is 2. The zero-order valence-corrected chi connectivity index (χ0v) is 16.9. The summed E-state index contributed by atoms with van der Waals surface area (Å²) in [5, 5.41) is 17.0. The van der Waals surface area contributed by atoms with Crippen LogP contribution in [0.25, 0.3) is 0 Å². The monoisotopic (exact) mass is 373 g/mol. The summed E-state index contributed by atoms with van der Waals surface area (Å²) in [6, 6.07) is 11.6. The molecule has 1 unspecified atom stereocenters. The van der Waals surface area contributed by atoms with Gasteiger partial charge in [0.2, 0.25) is 0 Å². The third-order valence-electron chi connectivity index (χ3n) is 4.50. The molecule has 0 radical (unpaired) electrons. The molecule has 0 saturated heterocycles. The minimum Gasteiger partial charge on any atom is -0.497 e. The average molecular weight is 373 g/mol. The summed E-state index contributed by atoms with van der Waals surface area (Å²) in [6.07, 6.45) is 1.56. The molecule has 27 heavy (non-hydrogen) atoms. The summed E-state index contributed by atoms with van der Waals surface area (Å²) in [6.45, 7) is 9.65. The van der Waals surface area contributed by atoms with Gasteiger partial charge in [0.15, 0.2) is 5.96 Å². The van der Waals surface area contributed by atoms with Crippen molar-refractivity contribution >= 4 is 5.96 Å². The highest BCUT2D eigenvalue weighted by Crippen LogP contribution is 2.25. The van der Waals surface area contributed by atoms with E-state index in [0.717, 1.165) is 12.3 Å². The normalized spacial score (nSPS) is 14.5. The van der Waals surface area contributed by atoms with Gasteiger partial charge in [-0.2, -0.15) is 0 Å². The second-order valence-electron chi connectivity index (χ2n) is 7.41. The quantitative estimate of drug-likeness (QED) is 0.490. The van der Waals surface area contributed by atoms with Crippen LogP contribution in [0.1, 0.15) is 39.0 Å². The Hall–Kier alpha value is -2.47. The van der Waals surface area contributed by atoms with E-state index in [-0.39, 0.29) is 12.0 Å². The summed E-state index contributed by atoms with van der Waals surface area (Å²) < 4.78 is 10.5. The van der Waals surface area contributed by atoms with Crippen molar-refractivity contribution in [2.45, 2.75) is 38.7 Å². The van der Waals surface area contributed by atoms with Crippen LogP contribution in [0.3, 0.4) is 0 Å². The van der Waals surface area contributed by atoms with Crippen molar-refractivity contribution in [1.82, 2.24) is 10.6 Å². The van der Waals surface area contributed by atoms with E-state index in [4.69, 9.17) is 14.1 Å². The fraction of sp³-hybridized carbons (Fsp3) is 0.476. The molecule has 148 valence electrons. The smallest absolute Gasteiger partial charge is 0.191 e. The predicted octanol–water partition coefficient (Wildman–Crippen LogP) is 3.03. The van der Waals surface area contributed by atoms with Crippen LogP contribution in [0.5, 0.6) is 5.75 Å². The number of nitrogens with zero attached hydrogens (tertiary/aromatic N) is 1. The molecule has 0 bridgehead atoms. The lowest BCUT2D eigenvalue weighted by atomic mass is 9.85. The number of hydrogen-bond donors (Lipinski definition) is 3. The van der Waals surface area contributed by atoms with Crippen LogP contribution >= 0.6 is 0 Å². The zero-order valence-electron chi connectivity index (χ0n) is 16.9. The van der Waals surface area contributed by atoms with E-state index in [9.17, 15) is 5.11 Å². The van der Waals surface area contributed by atoms with Gasteiger partial charge in [-0.05, 0) is 43.7 Å². The van der Waals surface area contributed by atoms with Crippen LogP contribution in [0.4, 0.5) is 0 Å². The number of rotatable bonds is 8. The molecule has 2 rings (SSSR count). The SMILES string of the molecule is CCNC(=NCC(C)(C)c1ccc(OC)cc1)NCC(C)(O)c1ccco1. The van der Waals surface area contributed by atoms with Crippen molar-refractivity contribution in [3.8, 4) is 5.75 Å². The van der Waals surface area contributed by atoms with Crippen LogP contribution < -0.4 is 15.4 Å². The van der Waals surface area contributed by atoms with Gasteiger partial charge >= 0.3 is 0 Å². The Morgan fingerprint density at radius 2 is 1.85 bits per heavy atom. The van der Waals surface area contributed by atoms with Crippen LogP contribution in [-0.2, 0) is 11.0 Å². The van der Waals surface area contributed by atoms with Crippen molar-refractivity contribution < 1.29 is 14.3 Å². The standard InChI is InChI=1S/C21H31N3O3/c1-6-22-19(24-15-21(4,25)18-8-7-13-27-18)23-14-20(2,3)16-9-11-17(26-5)12-10-16/h7-13,25H,6,14-15H2,1-5H3,(H2,22,23,24). The molecule has 3 N–H and O–H groups in total. The molecule has 1 aromatic heterocycles. The van der Waals surface area contributed by atoms with E-state index in [0.29, 0.717) is 18.3 Å². The second-order valence-corrected chi connectivity index (χ2v) is 7.41. The Morgan fingerprint density at radius 3 is 2.41 bits per heavy atom. The van der Waals surface area contributed by atoms with E-state index in [1.165, 1.54) is 5.56 Å².